The summed E-state index contributed by atoms with van der Waals surface area (Å²) in [6, 6.07) is 5.36. The van der Waals surface area contributed by atoms with Crippen LogP contribution in [0.25, 0.3) is 0 Å². The highest BCUT2D eigenvalue weighted by Crippen LogP contribution is 2.13. The number of aliphatic hydroxyl groups is 1. The van der Waals surface area contributed by atoms with Gasteiger partial charge in [-0.3, -0.25) is 4.79 Å². The van der Waals surface area contributed by atoms with Crippen molar-refractivity contribution in [1.82, 2.24) is 5.32 Å². The average molecular weight is 285 g/mol. The Balaban J connectivity index is 2.45. The molecule has 1 aromatic carbocycles. The molecule has 0 saturated heterocycles. The van der Waals surface area contributed by atoms with Gasteiger partial charge < -0.3 is 19.9 Å². The second-order valence-corrected chi connectivity index (χ2v) is 4.00. The summed E-state index contributed by atoms with van der Waals surface area (Å²) in [6.07, 6.45) is -2.34. The Morgan fingerprint density at radius 1 is 1.45 bits per heavy atom. The van der Waals surface area contributed by atoms with Crippen molar-refractivity contribution in [3.8, 4) is 5.75 Å². The number of nitrogens with one attached hydrogen (secondary N) is 1. The Bertz CT molecular complexity index is 480. The zero-order valence-electron chi connectivity index (χ0n) is 11.1. The summed E-state index contributed by atoms with van der Waals surface area (Å²) in [6.45, 7) is 1.17. The zero-order chi connectivity index (χ0) is 15.1. The molecule has 0 aliphatic heterocycles. The molecule has 110 valence electrons. The largest absolute Gasteiger partial charge is 0.481 e. The lowest BCUT2D eigenvalue weighted by Gasteiger charge is -2.16. The molecule has 0 spiro atoms. The van der Waals surface area contributed by atoms with Gasteiger partial charge in [-0.05, 0) is 19.1 Å². The van der Waals surface area contributed by atoms with E-state index in [9.17, 15) is 19.1 Å². The molecule has 0 fully saturated rings. The maximum absolute atomic E-state index is 12.9. The second-order valence-electron chi connectivity index (χ2n) is 4.00. The smallest absolute Gasteiger partial charge is 0.336 e. The Morgan fingerprint density at radius 2 is 2.15 bits per heavy atom. The van der Waals surface area contributed by atoms with Crippen molar-refractivity contribution < 1.29 is 28.6 Å². The maximum Gasteiger partial charge on any atom is 0.336 e. The predicted molar refractivity (Wildman–Crippen MR) is 67.5 cm³/mol. The minimum atomic E-state index is -1.44. The van der Waals surface area contributed by atoms with E-state index in [-0.39, 0.29) is 12.3 Å². The number of benzene rings is 1. The van der Waals surface area contributed by atoms with Crippen molar-refractivity contribution in [3.05, 3.63) is 30.1 Å². The molecule has 7 heteroatoms. The van der Waals surface area contributed by atoms with E-state index < -0.39 is 29.9 Å². The van der Waals surface area contributed by atoms with E-state index in [4.69, 9.17) is 4.74 Å². The third-order valence-electron chi connectivity index (χ3n) is 2.42. The lowest BCUT2D eigenvalue weighted by atomic mass is 10.3. The van der Waals surface area contributed by atoms with Gasteiger partial charge in [-0.15, -0.1) is 0 Å². The number of hydrogen-bond donors (Lipinski definition) is 2. The Labute approximate surface area is 115 Å². The first kappa shape index (κ1) is 15.9. The quantitative estimate of drug-likeness (QED) is 0.732. The first-order chi connectivity index (χ1) is 9.43. The molecule has 0 bridgehead atoms. The van der Waals surface area contributed by atoms with Crippen LogP contribution in [0.1, 0.15) is 6.92 Å². The number of rotatable bonds is 6. The molecule has 1 amide bonds. The summed E-state index contributed by atoms with van der Waals surface area (Å²) in [4.78, 5) is 22.6. The highest BCUT2D eigenvalue weighted by atomic mass is 19.1. The van der Waals surface area contributed by atoms with Crippen LogP contribution < -0.4 is 10.1 Å². The third kappa shape index (κ3) is 4.85. The standard InChI is InChI=1S/C13H16FNO5/c1-8(20-10-5-3-4-9(14)6-10)12(17)15-7-11(16)13(18)19-2/h3-6,8,11,16H,7H2,1-2H3,(H,15,17). The van der Waals surface area contributed by atoms with Gasteiger partial charge in [0.2, 0.25) is 0 Å². The molecule has 0 aliphatic carbocycles. The van der Waals surface area contributed by atoms with E-state index in [0.717, 1.165) is 13.2 Å². The van der Waals surface area contributed by atoms with Gasteiger partial charge >= 0.3 is 5.97 Å². The number of aliphatic hydroxyl groups excluding tert-OH is 1. The molecule has 0 aliphatic rings. The van der Waals surface area contributed by atoms with Crippen LogP contribution in [-0.4, -0.2) is 42.8 Å². The molecule has 2 atom stereocenters. The van der Waals surface area contributed by atoms with Crippen molar-refractivity contribution in [2.24, 2.45) is 0 Å². The van der Waals surface area contributed by atoms with Crippen LogP contribution in [0.4, 0.5) is 4.39 Å². The van der Waals surface area contributed by atoms with Gasteiger partial charge in [-0.1, -0.05) is 6.07 Å². The normalized spacial score (nSPS) is 13.2. The fraction of sp³-hybridized carbons (Fsp3) is 0.385. The summed E-state index contributed by atoms with van der Waals surface area (Å²) < 4.78 is 22.5. The summed E-state index contributed by atoms with van der Waals surface area (Å²) in [7, 11) is 1.13. The highest BCUT2D eigenvalue weighted by Gasteiger charge is 2.19. The topological polar surface area (TPSA) is 84.9 Å². The van der Waals surface area contributed by atoms with Crippen LogP contribution in [0.2, 0.25) is 0 Å². The molecular formula is C13H16FNO5. The van der Waals surface area contributed by atoms with E-state index in [2.05, 4.69) is 10.1 Å². The van der Waals surface area contributed by atoms with Crippen molar-refractivity contribution >= 4 is 11.9 Å². The van der Waals surface area contributed by atoms with Crippen LogP contribution in [0.5, 0.6) is 5.75 Å². The fourth-order valence-corrected chi connectivity index (χ4v) is 1.36. The van der Waals surface area contributed by atoms with E-state index in [0.29, 0.717) is 0 Å². The van der Waals surface area contributed by atoms with Gasteiger partial charge in [0.05, 0.1) is 13.7 Å². The Kier molecular flexibility index (Phi) is 5.92. The molecule has 1 rings (SSSR count). The SMILES string of the molecule is COC(=O)C(O)CNC(=O)C(C)Oc1cccc(F)c1. The van der Waals surface area contributed by atoms with Gasteiger partial charge in [0.1, 0.15) is 11.6 Å². The molecule has 0 aromatic heterocycles. The van der Waals surface area contributed by atoms with Gasteiger partial charge in [0, 0.05) is 6.07 Å². The monoisotopic (exact) mass is 285 g/mol. The van der Waals surface area contributed by atoms with E-state index in [1.165, 1.54) is 25.1 Å². The summed E-state index contributed by atoms with van der Waals surface area (Å²) in [5.41, 5.74) is 0. The van der Waals surface area contributed by atoms with E-state index in [1.807, 2.05) is 0 Å². The number of esters is 1. The summed E-state index contributed by atoms with van der Waals surface area (Å²) >= 11 is 0. The summed E-state index contributed by atoms with van der Waals surface area (Å²) in [5.74, 6) is -1.65. The van der Waals surface area contributed by atoms with E-state index in [1.54, 1.807) is 0 Å². The van der Waals surface area contributed by atoms with Crippen LogP contribution in [-0.2, 0) is 14.3 Å². The predicted octanol–water partition coefficient (Wildman–Crippen LogP) is 0.243. The van der Waals surface area contributed by atoms with Crippen LogP contribution in [0.15, 0.2) is 24.3 Å². The number of carbonyl (C=O) groups is 2. The number of halogens is 1. The van der Waals surface area contributed by atoms with Crippen molar-refractivity contribution in [2.45, 2.75) is 19.1 Å². The van der Waals surface area contributed by atoms with E-state index >= 15 is 0 Å². The van der Waals surface area contributed by atoms with Crippen molar-refractivity contribution in [2.75, 3.05) is 13.7 Å². The fourth-order valence-electron chi connectivity index (χ4n) is 1.36. The first-order valence-electron chi connectivity index (χ1n) is 5.90. The molecule has 6 nitrogen and oxygen atoms in total. The lowest BCUT2D eigenvalue weighted by Crippen LogP contribution is -2.42. The zero-order valence-corrected chi connectivity index (χ0v) is 11.1. The minimum absolute atomic E-state index is 0.209. The molecule has 0 radical (unpaired) electrons. The lowest BCUT2D eigenvalue weighted by molar-refractivity contribution is -0.150. The molecule has 2 N–H and O–H groups in total. The van der Waals surface area contributed by atoms with Crippen LogP contribution >= 0.6 is 0 Å². The average Bonchev–Trinajstić information content (AvgIpc) is 2.43. The molecule has 20 heavy (non-hydrogen) atoms. The Hall–Kier alpha value is -2.15. The van der Waals surface area contributed by atoms with Gasteiger partial charge in [-0.25, -0.2) is 9.18 Å². The minimum Gasteiger partial charge on any atom is -0.481 e. The number of ether oxygens (including phenoxy) is 2. The molecule has 0 heterocycles. The summed E-state index contributed by atoms with van der Waals surface area (Å²) in [5, 5.41) is 11.6. The number of amides is 1. The number of hydrogen-bond acceptors (Lipinski definition) is 5. The Morgan fingerprint density at radius 3 is 2.75 bits per heavy atom. The number of methoxy groups -OCH3 is 1. The van der Waals surface area contributed by atoms with Crippen LogP contribution in [0.3, 0.4) is 0 Å². The molecule has 2 unspecified atom stereocenters. The maximum atomic E-state index is 12.9. The van der Waals surface area contributed by atoms with Gasteiger partial charge in [0.25, 0.3) is 5.91 Å². The van der Waals surface area contributed by atoms with Crippen LogP contribution in [0, 0.1) is 5.82 Å². The third-order valence-corrected chi connectivity index (χ3v) is 2.42. The molecule has 1 aromatic rings. The second kappa shape index (κ2) is 7.44. The van der Waals surface area contributed by atoms with Crippen molar-refractivity contribution in [3.63, 3.8) is 0 Å². The first-order valence-corrected chi connectivity index (χ1v) is 5.90. The highest BCUT2D eigenvalue weighted by molar-refractivity contribution is 5.82. The molecular weight excluding hydrogens is 269 g/mol. The number of carbonyl (C=O) groups excluding carboxylic acids is 2. The van der Waals surface area contributed by atoms with Gasteiger partial charge in [-0.2, -0.15) is 0 Å². The van der Waals surface area contributed by atoms with Crippen molar-refractivity contribution in [1.29, 1.82) is 0 Å². The molecule has 0 saturated carbocycles. The van der Waals surface area contributed by atoms with Gasteiger partial charge in [0.15, 0.2) is 12.2 Å².